The molecule has 0 N–H and O–H groups in total. The number of amides is 1. The van der Waals surface area contributed by atoms with Crippen molar-refractivity contribution in [1.29, 1.82) is 0 Å². The van der Waals surface area contributed by atoms with Crippen LogP contribution in [0, 0.1) is 6.92 Å². The van der Waals surface area contributed by atoms with Gasteiger partial charge in [-0.3, -0.25) is 9.59 Å². The fraction of sp³-hybridized carbons (Fsp3) is 0.148. The number of anilines is 1. The first-order valence-electron chi connectivity index (χ1n) is 10.6. The maximum absolute atomic E-state index is 13.6. The molecule has 1 aromatic heterocycles. The van der Waals surface area contributed by atoms with Crippen LogP contribution >= 0.6 is 0 Å². The molecular weight excluding hydrogens is 398 g/mol. The Morgan fingerprint density at radius 3 is 2.16 bits per heavy atom. The van der Waals surface area contributed by atoms with E-state index in [2.05, 4.69) is 5.10 Å². The summed E-state index contributed by atoms with van der Waals surface area (Å²) in [6.07, 6.45) is 0. The van der Waals surface area contributed by atoms with Crippen LogP contribution in [-0.2, 0) is 11.3 Å². The molecule has 0 aliphatic rings. The number of para-hydroxylation sites is 1. The topological polar surface area (TPSA) is 55.2 Å². The van der Waals surface area contributed by atoms with Gasteiger partial charge in [0.1, 0.15) is 6.04 Å². The average molecular weight is 424 g/mol. The Labute approximate surface area is 187 Å². The first-order valence-corrected chi connectivity index (χ1v) is 10.6. The van der Waals surface area contributed by atoms with Crippen molar-refractivity contribution in [2.45, 2.75) is 26.4 Å². The number of nitrogens with zero attached hydrogens (tertiary/aromatic N) is 3. The SMILES string of the molecule is Cc1ccc(-c2ccc(=O)n(C(C)C(=O)N(Cc3ccccc3)c3ccccc3)n2)cc1. The van der Waals surface area contributed by atoms with Crippen LogP contribution in [0.3, 0.4) is 0 Å². The first-order chi connectivity index (χ1) is 15.5. The summed E-state index contributed by atoms with van der Waals surface area (Å²) in [5.74, 6) is -0.198. The number of carbonyl (C=O) groups is 1. The quantitative estimate of drug-likeness (QED) is 0.438. The lowest BCUT2D eigenvalue weighted by Crippen LogP contribution is -2.40. The summed E-state index contributed by atoms with van der Waals surface area (Å²) >= 11 is 0. The van der Waals surface area contributed by atoms with Crippen molar-refractivity contribution >= 4 is 11.6 Å². The van der Waals surface area contributed by atoms with Gasteiger partial charge in [0.2, 0.25) is 0 Å². The minimum Gasteiger partial charge on any atom is -0.306 e. The van der Waals surface area contributed by atoms with Gasteiger partial charge >= 0.3 is 0 Å². The summed E-state index contributed by atoms with van der Waals surface area (Å²) in [6, 6.07) is 29.6. The van der Waals surface area contributed by atoms with Crippen molar-refractivity contribution in [2.75, 3.05) is 4.90 Å². The first kappa shape index (κ1) is 21.2. The largest absolute Gasteiger partial charge is 0.306 e. The average Bonchev–Trinajstić information content (AvgIpc) is 2.84. The lowest BCUT2D eigenvalue weighted by atomic mass is 10.1. The number of benzene rings is 3. The molecule has 0 aliphatic carbocycles. The summed E-state index contributed by atoms with van der Waals surface area (Å²) in [5.41, 5.74) is 4.16. The van der Waals surface area contributed by atoms with Gasteiger partial charge in [-0.1, -0.05) is 78.4 Å². The smallest absolute Gasteiger partial charge is 0.267 e. The van der Waals surface area contributed by atoms with Gasteiger partial charge in [0.05, 0.1) is 12.2 Å². The number of rotatable bonds is 6. The summed E-state index contributed by atoms with van der Waals surface area (Å²) in [4.78, 5) is 28.0. The van der Waals surface area contributed by atoms with Crippen LogP contribution in [0.15, 0.2) is 102 Å². The van der Waals surface area contributed by atoms with Gasteiger partial charge in [-0.25, -0.2) is 4.68 Å². The highest BCUT2D eigenvalue weighted by Crippen LogP contribution is 2.22. The lowest BCUT2D eigenvalue weighted by molar-refractivity contribution is -0.121. The van der Waals surface area contributed by atoms with E-state index >= 15 is 0 Å². The van der Waals surface area contributed by atoms with Crippen molar-refractivity contribution in [1.82, 2.24) is 9.78 Å². The van der Waals surface area contributed by atoms with Crippen LogP contribution in [0.1, 0.15) is 24.1 Å². The van der Waals surface area contributed by atoms with Crippen LogP contribution in [0.25, 0.3) is 11.3 Å². The van der Waals surface area contributed by atoms with E-state index in [1.165, 1.54) is 10.7 Å². The minimum atomic E-state index is -0.767. The van der Waals surface area contributed by atoms with E-state index in [1.54, 1.807) is 17.9 Å². The van der Waals surface area contributed by atoms with Crippen LogP contribution < -0.4 is 10.5 Å². The molecule has 1 amide bonds. The molecule has 0 bridgehead atoms. The fourth-order valence-electron chi connectivity index (χ4n) is 3.58. The van der Waals surface area contributed by atoms with Gasteiger partial charge in [0, 0.05) is 17.3 Å². The minimum absolute atomic E-state index is 0.198. The molecule has 5 nitrogen and oxygen atoms in total. The summed E-state index contributed by atoms with van der Waals surface area (Å²) in [5, 5.41) is 4.53. The second kappa shape index (κ2) is 9.43. The Hall–Kier alpha value is -3.99. The van der Waals surface area contributed by atoms with E-state index in [0.29, 0.717) is 12.2 Å². The molecule has 3 aromatic carbocycles. The number of aromatic nitrogens is 2. The van der Waals surface area contributed by atoms with Crippen LogP contribution in [-0.4, -0.2) is 15.7 Å². The Morgan fingerprint density at radius 2 is 1.50 bits per heavy atom. The summed E-state index contributed by atoms with van der Waals surface area (Å²) in [7, 11) is 0. The molecule has 0 spiro atoms. The molecular formula is C27H25N3O2. The second-order valence-corrected chi connectivity index (χ2v) is 7.79. The van der Waals surface area contributed by atoms with Gasteiger partial charge in [-0.05, 0) is 37.6 Å². The molecule has 4 aromatic rings. The van der Waals surface area contributed by atoms with E-state index in [-0.39, 0.29) is 11.5 Å². The van der Waals surface area contributed by atoms with Crippen LogP contribution in [0.4, 0.5) is 5.69 Å². The predicted octanol–water partition coefficient (Wildman–Crippen LogP) is 5.01. The van der Waals surface area contributed by atoms with E-state index in [1.807, 2.05) is 91.9 Å². The predicted molar refractivity (Wildman–Crippen MR) is 127 cm³/mol. The van der Waals surface area contributed by atoms with E-state index in [4.69, 9.17) is 0 Å². The van der Waals surface area contributed by atoms with Gasteiger partial charge < -0.3 is 4.90 Å². The third-order valence-corrected chi connectivity index (χ3v) is 5.41. The highest BCUT2D eigenvalue weighted by Gasteiger charge is 2.25. The fourth-order valence-corrected chi connectivity index (χ4v) is 3.58. The molecule has 0 saturated carbocycles. The second-order valence-electron chi connectivity index (χ2n) is 7.79. The molecule has 0 fully saturated rings. The molecule has 1 heterocycles. The van der Waals surface area contributed by atoms with Crippen LogP contribution in [0.2, 0.25) is 0 Å². The van der Waals surface area contributed by atoms with Gasteiger partial charge in [-0.2, -0.15) is 5.10 Å². The molecule has 32 heavy (non-hydrogen) atoms. The third kappa shape index (κ3) is 4.67. The third-order valence-electron chi connectivity index (χ3n) is 5.41. The standard InChI is InChI=1S/C27H25N3O2/c1-20-13-15-23(16-14-20)25-17-18-26(31)30(28-25)21(2)27(32)29(24-11-7-4-8-12-24)19-22-9-5-3-6-10-22/h3-18,21H,19H2,1-2H3. The molecule has 1 atom stereocenters. The number of hydrogen-bond acceptors (Lipinski definition) is 3. The zero-order chi connectivity index (χ0) is 22.5. The van der Waals surface area contributed by atoms with Crippen LogP contribution in [0.5, 0.6) is 0 Å². The number of hydrogen-bond donors (Lipinski definition) is 0. The Kier molecular flexibility index (Phi) is 6.26. The maximum Gasteiger partial charge on any atom is 0.267 e. The normalized spacial score (nSPS) is 11.7. The van der Waals surface area contributed by atoms with Crippen molar-refractivity contribution in [3.05, 3.63) is 119 Å². The Bertz CT molecular complexity index is 1250. The highest BCUT2D eigenvalue weighted by atomic mass is 16.2. The number of aryl methyl sites for hydroxylation is 1. The molecule has 0 aliphatic heterocycles. The van der Waals surface area contributed by atoms with Crippen molar-refractivity contribution in [3.8, 4) is 11.3 Å². The zero-order valence-electron chi connectivity index (χ0n) is 18.2. The molecule has 0 radical (unpaired) electrons. The number of carbonyl (C=O) groups excluding carboxylic acids is 1. The van der Waals surface area contributed by atoms with Gasteiger partial charge in [0.15, 0.2) is 0 Å². The summed E-state index contributed by atoms with van der Waals surface area (Å²) < 4.78 is 1.28. The maximum atomic E-state index is 13.6. The monoisotopic (exact) mass is 423 g/mol. The zero-order valence-corrected chi connectivity index (χ0v) is 18.2. The van der Waals surface area contributed by atoms with Gasteiger partial charge in [0.25, 0.3) is 11.5 Å². The van der Waals surface area contributed by atoms with E-state index in [9.17, 15) is 9.59 Å². The molecule has 5 heteroatoms. The Balaban J connectivity index is 1.69. The summed E-state index contributed by atoms with van der Waals surface area (Å²) in [6.45, 7) is 4.14. The van der Waals surface area contributed by atoms with E-state index in [0.717, 1.165) is 22.4 Å². The van der Waals surface area contributed by atoms with Gasteiger partial charge in [-0.15, -0.1) is 0 Å². The Morgan fingerprint density at radius 1 is 0.875 bits per heavy atom. The van der Waals surface area contributed by atoms with Crippen molar-refractivity contribution < 1.29 is 4.79 Å². The molecule has 1 unspecified atom stereocenters. The van der Waals surface area contributed by atoms with Crippen molar-refractivity contribution in [3.63, 3.8) is 0 Å². The van der Waals surface area contributed by atoms with E-state index < -0.39 is 6.04 Å². The lowest BCUT2D eigenvalue weighted by Gasteiger charge is -2.26. The molecule has 0 saturated heterocycles. The molecule has 4 rings (SSSR count). The molecule has 160 valence electrons. The highest BCUT2D eigenvalue weighted by molar-refractivity contribution is 5.95. The van der Waals surface area contributed by atoms with Crippen molar-refractivity contribution in [2.24, 2.45) is 0 Å².